The number of aromatic amines is 1. The third kappa shape index (κ3) is 4.53. The molecule has 0 amide bonds. The zero-order chi connectivity index (χ0) is 22.9. The van der Waals surface area contributed by atoms with E-state index in [1.807, 2.05) is 11.5 Å². The molecule has 0 bridgehead atoms. The number of nitrogens with zero attached hydrogens (tertiary/aromatic N) is 4. The van der Waals surface area contributed by atoms with Gasteiger partial charge in [0.05, 0.1) is 17.8 Å². The zero-order valence-corrected chi connectivity index (χ0v) is 18.3. The molecule has 31 heavy (non-hydrogen) atoms. The highest BCUT2D eigenvalue weighted by Gasteiger charge is 2.20. The van der Waals surface area contributed by atoms with Crippen molar-refractivity contribution < 1.29 is 15.0 Å². The molecule has 0 aliphatic rings. The number of H-pyrrole nitrogens is 1. The summed E-state index contributed by atoms with van der Waals surface area (Å²) in [4.78, 5) is 20.7. The van der Waals surface area contributed by atoms with Crippen LogP contribution < -0.4 is 16.7 Å². The van der Waals surface area contributed by atoms with Gasteiger partial charge in [0.2, 0.25) is 5.62 Å². The molecule has 0 saturated heterocycles. The number of nitrogens with two attached hydrogens (primary N) is 1. The van der Waals surface area contributed by atoms with Crippen LogP contribution in [0.4, 0.5) is 11.5 Å². The maximum Gasteiger partial charge on any atom is 0.339 e. The zero-order valence-electron chi connectivity index (χ0n) is 18.3. The molecular weight excluding hydrogens is 398 g/mol. The molecule has 1 atom stereocenters. The average Bonchev–Trinajstić information content (AvgIpc) is 3.12. The van der Waals surface area contributed by atoms with Crippen LogP contribution in [0.1, 0.15) is 62.6 Å². The summed E-state index contributed by atoms with van der Waals surface area (Å²) < 4.78 is 2.03. The standard InChI is InChI=1S/C21H29N7O3/c1-10(2)16-18-17(27-26-16)19(24-13-6-7-15(29)14(8-13)20(30)31)25-21(23-9-12(5)22)28(18)11(3)4/h6-8,10-12,29H,9,22H2,1-5H3,(H,26,27)(H,30,31)(H,23,24,25). The Morgan fingerprint density at radius 2 is 2.00 bits per heavy atom. The first kappa shape index (κ1) is 22.3. The molecule has 1 unspecified atom stereocenters. The van der Waals surface area contributed by atoms with Crippen LogP contribution in [0.25, 0.3) is 11.0 Å². The summed E-state index contributed by atoms with van der Waals surface area (Å²) >= 11 is 0. The highest BCUT2D eigenvalue weighted by Crippen LogP contribution is 2.30. The van der Waals surface area contributed by atoms with Gasteiger partial charge in [-0.25, -0.2) is 9.79 Å². The number of aromatic hydroxyl groups is 1. The van der Waals surface area contributed by atoms with E-state index in [1.165, 1.54) is 12.1 Å². The summed E-state index contributed by atoms with van der Waals surface area (Å²) in [7, 11) is 0. The number of benzene rings is 1. The van der Waals surface area contributed by atoms with E-state index in [9.17, 15) is 15.0 Å². The predicted molar refractivity (Wildman–Crippen MR) is 119 cm³/mol. The summed E-state index contributed by atoms with van der Waals surface area (Å²) in [6.45, 7) is 10.5. The number of hydrogen-bond donors (Lipinski definition) is 5. The Morgan fingerprint density at radius 1 is 1.29 bits per heavy atom. The maximum absolute atomic E-state index is 11.4. The van der Waals surface area contributed by atoms with Crippen LogP contribution in [0, 0.1) is 0 Å². The van der Waals surface area contributed by atoms with Crippen molar-refractivity contribution in [2.24, 2.45) is 10.7 Å². The van der Waals surface area contributed by atoms with Gasteiger partial charge in [-0.3, -0.25) is 5.10 Å². The predicted octanol–water partition coefficient (Wildman–Crippen LogP) is 2.86. The lowest BCUT2D eigenvalue weighted by Crippen LogP contribution is -2.30. The van der Waals surface area contributed by atoms with Gasteiger partial charge >= 0.3 is 5.97 Å². The number of hydrogen-bond acceptors (Lipinski definition) is 7. The van der Waals surface area contributed by atoms with Crippen molar-refractivity contribution in [3.8, 4) is 5.75 Å². The van der Waals surface area contributed by atoms with Crippen molar-refractivity contribution in [3.05, 3.63) is 35.1 Å². The number of fused-ring (bicyclic) bond motifs is 1. The maximum atomic E-state index is 11.4. The Balaban J connectivity index is 2.27. The fraction of sp³-hybridized carbons (Fsp3) is 0.429. The molecule has 0 spiro atoms. The summed E-state index contributed by atoms with van der Waals surface area (Å²) in [6, 6.07) is 4.19. The number of anilines is 2. The summed E-state index contributed by atoms with van der Waals surface area (Å²) in [6.07, 6.45) is 0. The summed E-state index contributed by atoms with van der Waals surface area (Å²) in [5.74, 6) is -0.921. The average molecular weight is 428 g/mol. The van der Waals surface area contributed by atoms with E-state index >= 15 is 0 Å². The summed E-state index contributed by atoms with van der Waals surface area (Å²) in [5, 5.41) is 29.8. The number of aromatic nitrogens is 4. The molecule has 0 aliphatic heterocycles. The van der Waals surface area contributed by atoms with Crippen molar-refractivity contribution in [1.82, 2.24) is 19.7 Å². The normalized spacial score (nSPS) is 13.4. The molecule has 0 fully saturated rings. The minimum atomic E-state index is -1.22. The number of phenols is 1. The number of nitrogens with one attached hydrogen (secondary N) is 2. The molecule has 10 heteroatoms. The van der Waals surface area contributed by atoms with Crippen molar-refractivity contribution in [1.29, 1.82) is 0 Å². The van der Waals surface area contributed by atoms with Gasteiger partial charge in [-0.2, -0.15) is 10.1 Å². The summed E-state index contributed by atoms with van der Waals surface area (Å²) in [5.41, 5.74) is 9.10. The van der Waals surface area contributed by atoms with Crippen LogP contribution in [0.15, 0.2) is 23.2 Å². The first-order chi connectivity index (χ1) is 14.6. The molecule has 1 aromatic carbocycles. The largest absolute Gasteiger partial charge is 0.507 e. The molecule has 2 aromatic heterocycles. The molecule has 10 nitrogen and oxygen atoms in total. The Hall–Kier alpha value is -3.40. The van der Waals surface area contributed by atoms with E-state index in [4.69, 9.17) is 10.7 Å². The second-order valence-electron chi connectivity index (χ2n) is 8.19. The van der Waals surface area contributed by atoms with E-state index in [-0.39, 0.29) is 29.3 Å². The molecule has 166 valence electrons. The van der Waals surface area contributed by atoms with Gasteiger partial charge in [-0.15, -0.1) is 0 Å². The quantitative estimate of drug-likeness (QED) is 0.363. The Labute approximate surface area is 179 Å². The number of rotatable bonds is 7. The van der Waals surface area contributed by atoms with Crippen molar-refractivity contribution in [2.45, 2.75) is 52.6 Å². The van der Waals surface area contributed by atoms with Gasteiger partial charge in [0.1, 0.15) is 11.3 Å². The van der Waals surface area contributed by atoms with E-state index < -0.39 is 5.97 Å². The van der Waals surface area contributed by atoms with Crippen LogP contribution >= 0.6 is 0 Å². The highest BCUT2D eigenvalue weighted by molar-refractivity contribution is 5.93. The fourth-order valence-corrected chi connectivity index (χ4v) is 3.30. The monoisotopic (exact) mass is 427 g/mol. The van der Waals surface area contributed by atoms with Crippen LogP contribution in [-0.4, -0.2) is 48.5 Å². The first-order valence-corrected chi connectivity index (χ1v) is 10.2. The smallest absolute Gasteiger partial charge is 0.339 e. The lowest BCUT2D eigenvalue weighted by Gasteiger charge is -2.17. The van der Waals surface area contributed by atoms with Crippen molar-refractivity contribution in [3.63, 3.8) is 0 Å². The molecular formula is C21H29N7O3. The van der Waals surface area contributed by atoms with Gasteiger partial charge in [-0.1, -0.05) is 13.8 Å². The Kier molecular flexibility index (Phi) is 6.30. The molecule has 0 radical (unpaired) electrons. The minimum Gasteiger partial charge on any atom is -0.507 e. The molecule has 2 heterocycles. The Morgan fingerprint density at radius 3 is 2.58 bits per heavy atom. The van der Waals surface area contributed by atoms with E-state index in [0.717, 1.165) is 11.2 Å². The first-order valence-electron chi connectivity index (χ1n) is 10.2. The van der Waals surface area contributed by atoms with E-state index in [0.29, 0.717) is 29.2 Å². The van der Waals surface area contributed by atoms with Crippen molar-refractivity contribution >= 4 is 28.5 Å². The van der Waals surface area contributed by atoms with Crippen molar-refractivity contribution in [2.75, 3.05) is 11.9 Å². The van der Waals surface area contributed by atoms with Crippen LogP contribution in [0.3, 0.4) is 0 Å². The lowest BCUT2D eigenvalue weighted by molar-refractivity contribution is 0.0694. The lowest BCUT2D eigenvalue weighted by atomic mass is 10.1. The van der Waals surface area contributed by atoms with Gasteiger partial charge in [0.25, 0.3) is 0 Å². The molecule has 0 aliphatic carbocycles. The van der Waals surface area contributed by atoms with Crippen LogP contribution in [-0.2, 0) is 0 Å². The van der Waals surface area contributed by atoms with Gasteiger partial charge in [0, 0.05) is 17.8 Å². The van der Waals surface area contributed by atoms with Gasteiger partial charge < -0.3 is 25.8 Å². The number of carbonyl (C=O) groups is 1. The minimum absolute atomic E-state index is 0.0678. The number of carboxylic acid groups (broad SMARTS) is 1. The third-order valence-corrected chi connectivity index (χ3v) is 4.76. The fourth-order valence-electron chi connectivity index (χ4n) is 3.30. The molecule has 6 N–H and O–H groups in total. The number of carboxylic acids is 1. The van der Waals surface area contributed by atoms with E-state index in [2.05, 4.69) is 48.2 Å². The second-order valence-corrected chi connectivity index (χ2v) is 8.19. The van der Waals surface area contributed by atoms with Crippen LogP contribution in [0.5, 0.6) is 5.75 Å². The Bertz CT molecular complexity index is 1180. The van der Waals surface area contributed by atoms with Crippen LogP contribution in [0.2, 0.25) is 0 Å². The topological polar surface area (TPSA) is 154 Å². The highest BCUT2D eigenvalue weighted by atomic mass is 16.4. The molecule has 3 rings (SSSR count). The molecule has 3 aromatic rings. The third-order valence-electron chi connectivity index (χ3n) is 4.76. The van der Waals surface area contributed by atoms with Gasteiger partial charge in [-0.05, 0) is 44.9 Å². The van der Waals surface area contributed by atoms with E-state index in [1.54, 1.807) is 6.07 Å². The second kappa shape index (κ2) is 8.76. The molecule has 0 saturated carbocycles. The SMILES string of the molecule is CC(N)CN=c1nc(Nc2ccc(O)c(C(=O)O)c2)c2n[nH]c(C(C)C)c2n1C(C)C. The van der Waals surface area contributed by atoms with Gasteiger partial charge in [0.15, 0.2) is 11.3 Å². The number of aromatic carboxylic acids is 1.